The van der Waals surface area contributed by atoms with E-state index in [9.17, 15) is 19.3 Å². The van der Waals surface area contributed by atoms with E-state index in [4.69, 9.17) is 4.74 Å². The van der Waals surface area contributed by atoms with E-state index >= 15 is 0 Å². The minimum atomic E-state index is -0.519. The number of nitrogens with zero attached hydrogens (tertiary/aromatic N) is 2. The van der Waals surface area contributed by atoms with Crippen LogP contribution in [0.1, 0.15) is 16.8 Å². The summed E-state index contributed by atoms with van der Waals surface area (Å²) in [6.07, 6.45) is 0.470. The molecule has 0 saturated heterocycles. The van der Waals surface area contributed by atoms with Crippen molar-refractivity contribution in [2.75, 3.05) is 32.1 Å². The van der Waals surface area contributed by atoms with Gasteiger partial charge in [0.15, 0.2) is 11.6 Å². The molecule has 0 aliphatic carbocycles. The fourth-order valence-electron chi connectivity index (χ4n) is 2.31. The Morgan fingerprint density at radius 3 is 2.65 bits per heavy atom. The predicted octanol–water partition coefficient (Wildman–Crippen LogP) is 3.00. The normalized spacial score (nSPS) is 10.3. The number of hydrogen-bond donors (Lipinski definition) is 1. The molecule has 7 nitrogen and oxygen atoms in total. The first-order valence-electron chi connectivity index (χ1n) is 8.01. The smallest absolute Gasteiger partial charge is 0.293 e. The zero-order valence-corrected chi connectivity index (χ0v) is 14.6. The van der Waals surface area contributed by atoms with Crippen LogP contribution in [0.25, 0.3) is 0 Å². The fraction of sp³-hybridized carbons (Fsp3) is 0.278. The van der Waals surface area contributed by atoms with Crippen LogP contribution in [0.15, 0.2) is 42.5 Å². The number of carbonyl (C=O) groups is 1. The lowest BCUT2D eigenvalue weighted by Crippen LogP contribution is -2.25. The zero-order chi connectivity index (χ0) is 19.1. The lowest BCUT2D eigenvalue weighted by atomic mass is 10.1. The molecule has 0 saturated carbocycles. The second kappa shape index (κ2) is 8.80. The summed E-state index contributed by atoms with van der Waals surface area (Å²) in [6.45, 7) is 0.539. The van der Waals surface area contributed by atoms with Crippen molar-refractivity contribution >= 4 is 17.3 Å². The summed E-state index contributed by atoms with van der Waals surface area (Å²) >= 11 is 0. The molecule has 0 aliphatic rings. The van der Waals surface area contributed by atoms with Gasteiger partial charge in [0.05, 0.1) is 11.5 Å². The largest absolute Gasteiger partial charge is 0.490 e. The van der Waals surface area contributed by atoms with E-state index in [-0.39, 0.29) is 23.6 Å². The molecule has 0 atom stereocenters. The van der Waals surface area contributed by atoms with E-state index in [0.717, 1.165) is 0 Å². The van der Waals surface area contributed by atoms with E-state index in [1.165, 1.54) is 30.3 Å². The third kappa shape index (κ3) is 4.92. The molecule has 2 aromatic carbocycles. The Morgan fingerprint density at radius 2 is 2.00 bits per heavy atom. The van der Waals surface area contributed by atoms with Crippen LogP contribution in [-0.4, -0.2) is 38.1 Å². The third-order valence-electron chi connectivity index (χ3n) is 3.62. The Kier molecular flexibility index (Phi) is 6.48. The van der Waals surface area contributed by atoms with Gasteiger partial charge in [-0.3, -0.25) is 14.9 Å². The average molecular weight is 361 g/mol. The molecular weight excluding hydrogens is 341 g/mol. The molecule has 0 aromatic heterocycles. The van der Waals surface area contributed by atoms with Gasteiger partial charge in [-0.05, 0) is 30.7 Å². The Morgan fingerprint density at radius 1 is 1.27 bits per heavy atom. The molecule has 0 spiro atoms. The number of nitrogens with one attached hydrogen (secondary N) is 1. The van der Waals surface area contributed by atoms with Gasteiger partial charge in [0.1, 0.15) is 5.69 Å². The van der Waals surface area contributed by atoms with Gasteiger partial charge in [-0.25, -0.2) is 4.39 Å². The number of nitro benzene ring substituents is 1. The molecule has 2 aromatic rings. The van der Waals surface area contributed by atoms with Gasteiger partial charge in [-0.2, -0.15) is 0 Å². The number of ether oxygens (including phenoxy) is 1. The third-order valence-corrected chi connectivity index (χ3v) is 3.62. The molecule has 8 heteroatoms. The van der Waals surface area contributed by atoms with Crippen LogP contribution in [0.5, 0.6) is 5.75 Å². The summed E-state index contributed by atoms with van der Waals surface area (Å²) in [4.78, 5) is 24.4. The maximum absolute atomic E-state index is 13.4. The monoisotopic (exact) mass is 361 g/mol. The van der Waals surface area contributed by atoms with Crippen molar-refractivity contribution in [3.05, 3.63) is 64.0 Å². The minimum Gasteiger partial charge on any atom is -0.490 e. The lowest BCUT2D eigenvalue weighted by Gasteiger charge is -2.13. The Hall–Kier alpha value is -3.16. The van der Waals surface area contributed by atoms with Gasteiger partial charge in [0.25, 0.3) is 11.6 Å². The van der Waals surface area contributed by atoms with Crippen molar-refractivity contribution in [3.63, 3.8) is 0 Å². The number of nitro groups is 1. The number of anilines is 1. The number of benzene rings is 2. The Labute approximate surface area is 150 Å². The highest BCUT2D eigenvalue weighted by Crippen LogP contribution is 2.27. The SMILES string of the molecule is CN(C)c1ccc(C(=O)NCCCOc2ccccc2F)cc1[N+](=O)[O-]. The van der Waals surface area contributed by atoms with E-state index in [1.54, 1.807) is 31.1 Å². The van der Waals surface area contributed by atoms with Gasteiger partial charge in [-0.15, -0.1) is 0 Å². The van der Waals surface area contributed by atoms with Gasteiger partial charge >= 0.3 is 0 Å². The fourth-order valence-corrected chi connectivity index (χ4v) is 2.31. The molecule has 0 aliphatic heterocycles. The van der Waals surface area contributed by atoms with Crippen molar-refractivity contribution in [2.24, 2.45) is 0 Å². The molecule has 0 unspecified atom stereocenters. The van der Waals surface area contributed by atoms with Crippen LogP contribution in [0.3, 0.4) is 0 Å². The second-order valence-electron chi connectivity index (χ2n) is 5.74. The quantitative estimate of drug-likeness (QED) is 0.444. The van der Waals surface area contributed by atoms with Crippen molar-refractivity contribution in [1.29, 1.82) is 0 Å². The first kappa shape index (κ1) is 19.2. The lowest BCUT2D eigenvalue weighted by molar-refractivity contribution is -0.384. The number of rotatable bonds is 8. The number of para-hydroxylation sites is 1. The summed E-state index contributed by atoms with van der Waals surface area (Å²) in [5.41, 5.74) is 0.493. The highest BCUT2D eigenvalue weighted by atomic mass is 19.1. The van der Waals surface area contributed by atoms with Crippen LogP contribution in [0.2, 0.25) is 0 Å². The van der Waals surface area contributed by atoms with Crippen molar-refractivity contribution in [2.45, 2.75) is 6.42 Å². The summed E-state index contributed by atoms with van der Waals surface area (Å²) in [5, 5.41) is 13.8. The highest BCUT2D eigenvalue weighted by molar-refractivity contribution is 5.95. The van der Waals surface area contributed by atoms with Crippen LogP contribution >= 0.6 is 0 Å². The molecule has 26 heavy (non-hydrogen) atoms. The Balaban J connectivity index is 1.87. The van der Waals surface area contributed by atoms with Gasteiger partial charge < -0.3 is 15.0 Å². The maximum atomic E-state index is 13.4. The highest BCUT2D eigenvalue weighted by Gasteiger charge is 2.18. The van der Waals surface area contributed by atoms with Crippen LogP contribution in [0.4, 0.5) is 15.8 Å². The molecule has 138 valence electrons. The maximum Gasteiger partial charge on any atom is 0.293 e. The van der Waals surface area contributed by atoms with Crippen molar-refractivity contribution in [1.82, 2.24) is 5.32 Å². The van der Waals surface area contributed by atoms with Gasteiger partial charge in [-0.1, -0.05) is 12.1 Å². The summed E-state index contributed by atoms with van der Waals surface area (Å²) in [5.74, 6) is -0.692. The summed E-state index contributed by atoms with van der Waals surface area (Å²) < 4.78 is 18.7. The molecular formula is C18H20FN3O4. The van der Waals surface area contributed by atoms with E-state index in [2.05, 4.69) is 5.32 Å². The molecule has 1 amide bonds. The number of hydrogen-bond acceptors (Lipinski definition) is 5. The van der Waals surface area contributed by atoms with Crippen LogP contribution in [-0.2, 0) is 0 Å². The molecule has 2 rings (SSSR count). The number of halogens is 1. The van der Waals surface area contributed by atoms with E-state index in [1.807, 2.05) is 0 Å². The van der Waals surface area contributed by atoms with Crippen molar-refractivity contribution in [3.8, 4) is 5.75 Å². The average Bonchev–Trinajstić information content (AvgIpc) is 2.62. The number of carbonyl (C=O) groups excluding carboxylic acids is 1. The topological polar surface area (TPSA) is 84.7 Å². The van der Waals surface area contributed by atoms with E-state index in [0.29, 0.717) is 18.7 Å². The first-order valence-corrected chi connectivity index (χ1v) is 8.01. The van der Waals surface area contributed by atoms with Crippen molar-refractivity contribution < 1.29 is 18.8 Å². The minimum absolute atomic E-state index is 0.134. The van der Waals surface area contributed by atoms with Crippen LogP contribution in [0, 0.1) is 15.9 Å². The Bertz CT molecular complexity index is 796. The zero-order valence-electron chi connectivity index (χ0n) is 14.6. The van der Waals surface area contributed by atoms with Gasteiger partial charge in [0.2, 0.25) is 0 Å². The standard InChI is InChI=1S/C18H20FN3O4/c1-21(2)15-9-8-13(12-16(15)22(24)25)18(23)20-10-5-11-26-17-7-4-3-6-14(17)19/h3-4,6-9,12H,5,10-11H2,1-2H3,(H,20,23). The molecule has 0 fully saturated rings. The molecule has 0 bridgehead atoms. The molecule has 0 heterocycles. The summed E-state index contributed by atoms with van der Waals surface area (Å²) in [7, 11) is 3.38. The van der Waals surface area contributed by atoms with Gasteiger partial charge in [0, 0.05) is 32.3 Å². The van der Waals surface area contributed by atoms with E-state index < -0.39 is 16.6 Å². The first-order chi connectivity index (χ1) is 12.4. The predicted molar refractivity (Wildman–Crippen MR) is 96.3 cm³/mol. The molecule has 0 radical (unpaired) electrons. The summed E-state index contributed by atoms with van der Waals surface area (Å²) in [6, 6.07) is 10.4. The number of amides is 1. The van der Waals surface area contributed by atoms with Crippen LogP contribution < -0.4 is 15.0 Å². The molecule has 1 N–H and O–H groups in total. The second-order valence-corrected chi connectivity index (χ2v) is 5.74.